The second-order valence-electron chi connectivity index (χ2n) is 8.25. The fraction of sp³-hybridized carbons (Fsp3) is 0. The van der Waals surface area contributed by atoms with Crippen LogP contribution < -0.4 is 0 Å². The number of rotatable bonds is 6. The zero-order chi connectivity index (χ0) is 23.0. The molecule has 0 fully saturated rings. The van der Waals surface area contributed by atoms with Crippen LogP contribution in [0.5, 0.6) is 0 Å². The molecule has 0 heterocycles. The zero-order valence-corrected chi connectivity index (χ0v) is 19.0. The highest BCUT2D eigenvalue weighted by molar-refractivity contribution is 5.90. The molecule has 5 rings (SSSR count). The van der Waals surface area contributed by atoms with Gasteiger partial charge in [-0.05, 0) is 56.6 Å². The SMILES string of the molecule is C(=C/c1cc(-c2ccccc2)c(/C=C\c2ccccc2)cc1-c1ccccc1)/c1ccccc1. The molecule has 0 N–H and O–H groups in total. The van der Waals surface area contributed by atoms with Gasteiger partial charge in [-0.2, -0.15) is 0 Å². The Kier molecular flexibility index (Phi) is 6.59. The second kappa shape index (κ2) is 10.5. The highest BCUT2D eigenvalue weighted by atomic mass is 14.1. The van der Waals surface area contributed by atoms with Gasteiger partial charge in [0.2, 0.25) is 0 Å². The van der Waals surface area contributed by atoms with Crippen LogP contribution in [0.1, 0.15) is 22.3 Å². The molecule has 0 aliphatic heterocycles. The van der Waals surface area contributed by atoms with Crippen LogP contribution in [-0.2, 0) is 0 Å². The first-order valence-electron chi connectivity index (χ1n) is 11.6. The Hall–Kier alpha value is -4.42. The molecule has 0 heteroatoms. The highest BCUT2D eigenvalue weighted by Gasteiger charge is 2.11. The van der Waals surface area contributed by atoms with E-state index in [2.05, 4.69) is 146 Å². The van der Waals surface area contributed by atoms with Crippen molar-refractivity contribution >= 4 is 24.3 Å². The van der Waals surface area contributed by atoms with Crippen molar-refractivity contribution in [1.82, 2.24) is 0 Å². The summed E-state index contributed by atoms with van der Waals surface area (Å²) in [6.07, 6.45) is 8.84. The van der Waals surface area contributed by atoms with Crippen LogP contribution in [0.4, 0.5) is 0 Å². The average Bonchev–Trinajstić information content (AvgIpc) is 2.93. The van der Waals surface area contributed by atoms with Crippen LogP contribution in [0.25, 0.3) is 46.6 Å². The topological polar surface area (TPSA) is 0 Å². The van der Waals surface area contributed by atoms with Gasteiger partial charge in [-0.15, -0.1) is 0 Å². The van der Waals surface area contributed by atoms with Crippen molar-refractivity contribution < 1.29 is 0 Å². The molecule has 0 bridgehead atoms. The molecule has 0 nitrogen and oxygen atoms in total. The van der Waals surface area contributed by atoms with Crippen LogP contribution >= 0.6 is 0 Å². The molecule has 0 saturated heterocycles. The van der Waals surface area contributed by atoms with E-state index >= 15 is 0 Å². The smallest absolute Gasteiger partial charge is 0.0105 e. The molecular weight excluding hydrogens is 408 g/mol. The maximum Gasteiger partial charge on any atom is -0.0105 e. The van der Waals surface area contributed by atoms with Gasteiger partial charge in [-0.25, -0.2) is 0 Å². The van der Waals surface area contributed by atoms with Crippen LogP contribution in [-0.4, -0.2) is 0 Å². The maximum absolute atomic E-state index is 2.32. The van der Waals surface area contributed by atoms with E-state index in [0.29, 0.717) is 0 Å². The highest BCUT2D eigenvalue weighted by Crippen LogP contribution is 2.34. The molecule has 0 spiro atoms. The zero-order valence-electron chi connectivity index (χ0n) is 19.0. The molecule has 0 amide bonds. The lowest BCUT2D eigenvalue weighted by Gasteiger charge is -2.14. The Bertz CT molecular complexity index is 1280. The summed E-state index contributed by atoms with van der Waals surface area (Å²) in [5.74, 6) is 0. The summed E-state index contributed by atoms with van der Waals surface area (Å²) in [7, 11) is 0. The average molecular weight is 435 g/mol. The summed E-state index contributed by atoms with van der Waals surface area (Å²) in [6, 6.07) is 46.8. The van der Waals surface area contributed by atoms with Gasteiger partial charge in [0.15, 0.2) is 0 Å². The number of hydrogen-bond acceptors (Lipinski definition) is 0. The van der Waals surface area contributed by atoms with E-state index < -0.39 is 0 Å². The quantitative estimate of drug-likeness (QED) is 0.234. The maximum atomic E-state index is 2.32. The Morgan fingerprint density at radius 1 is 0.324 bits per heavy atom. The van der Waals surface area contributed by atoms with Crippen LogP contribution in [0, 0.1) is 0 Å². The van der Waals surface area contributed by atoms with Gasteiger partial charge in [-0.3, -0.25) is 0 Å². The summed E-state index contributed by atoms with van der Waals surface area (Å²) in [4.78, 5) is 0. The Morgan fingerprint density at radius 3 is 1.00 bits per heavy atom. The van der Waals surface area contributed by atoms with E-state index in [9.17, 15) is 0 Å². The molecule has 34 heavy (non-hydrogen) atoms. The fourth-order valence-corrected chi connectivity index (χ4v) is 4.14. The molecule has 0 aliphatic rings. The van der Waals surface area contributed by atoms with Gasteiger partial charge in [0.05, 0.1) is 0 Å². The normalized spacial score (nSPS) is 11.3. The predicted octanol–water partition coefficient (Wildman–Crippen LogP) is 9.36. The second-order valence-corrected chi connectivity index (χ2v) is 8.25. The minimum absolute atomic E-state index is 1.19. The van der Waals surface area contributed by atoms with Crippen LogP contribution in [0.2, 0.25) is 0 Å². The predicted molar refractivity (Wildman–Crippen MR) is 148 cm³/mol. The Balaban J connectivity index is 1.69. The summed E-state index contributed by atoms with van der Waals surface area (Å²) in [6.45, 7) is 0. The van der Waals surface area contributed by atoms with E-state index in [0.717, 1.165) is 0 Å². The number of hydrogen-bond donors (Lipinski definition) is 0. The van der Waals surface area contributed by atoms with Crippen molar-refractivity contribution in [2.75, 3.05) is 0 Å². The van der Waals surface area contributed by atoms with Crippen molar-refractivity contribution in [3.05, 3.63) is 156 Å². The molecule has 0 aromatic heterocycles. The van der Waals surface area contributed by atoms with Gasteiger partial charge in [0.25, 0.3) is 0 Å². The third-order valence-corrected chi connectivity index (χ3v) is 5.90. The Morgan fingerprint density at radius 2 is 0.647 bits per heavy atom. The van der Waals surface area contributed by atoms with Crippen molar-refractivity contribution in [2.45, 2.75) is 0 Å². The van der Waals surface area contributed by atoms with Crippen LogP contribution in [0.3, 0.4) is 0 Å². The van der Waals surface area contributed by atoms with Gasteiger partial charge < -0.3 is 0 Å². The van der Waals surface area contributed by atoms with Gasteiger partial charge in [0.1, 0.15) is 0 Å². The van der Waals surface area contributed by atoms with Crippen molar-refractivity contribution in [3.8, 4) is 22.3 Å². The first-order valence-corrected chi connectivity index (χ1v) is 11.6. The standard InChI is InChI=1S/C34H26/c1-5-13-27(14-6-1)21-23-31-25-34(30-19-11-4-12-20-30)32(24-22-28-15-7-2-8-16-28)26-33(31)29-17-9-3-10-18-29/h1-26H/b23-21-,24-22-. The largest absolute Gasteiger partial charge is 0.0622 e. The summed E-state index contributed by atoms with van der Waals surface area (Å²) < 4.78 is 0. The lowest BCUT2D eigenvalue weighted by molar-refractivity contribution is 1.54. The summed E-state index contributed by atoms with van der Waals surface area (Å²) in [5, 5.41) is 0. The summed E-state index contributed by atoms with van der Waals surface area (Å²) in [5.41, 5.74) is 9.65. The third kappa shape index (κ3) is 5.14. The van der Waals surface area contributed by atoms with Gasteiger partial charge in [0, 0.05) is 0 Å². The molecule has 162 valence electrons. The van der Waals surface area contributed by atoms with E-state index in [-0.39, 0.29) is 0 Å². The molecule has 0 saturated carbocycles. The minimum atomic E-state index is 1.19. The lowest BCUT2D eigenvalue weighted by Crippen LogP contribution is -1.91. The van der Waals surface area contributed by atoms with Crippen molar-refractivity contribution in [2.24, 2.45) is 0 Å². The summed E-state index contributed by atoms with van der Waals surface area (Å²) >= 11 is 0. The minimum Gasteiger partial charge on any atom is -0.0622 e. The van der Waals surface area contributed by atoms with Crippen molar-refractivity contribution in [1.29, 1.82) is 0 Å². The monoisotopic (exact) mass is 434 g/mol. The Labute approximate surface area is 202 Å². The van der Waals surface area contributed by atoms with E-state index in [1.54, 1.807) is 0 Å². The first-order chi connectivity index (χ1) is 16.9. The van der Waals surface area contributed by atoms with Gasteiger partial charge in [-0.1, -0.05) is 146 Å². The molecule has 0 atom stereocenters. The number of benzene rings is 5. The lowest BCUT2D eigenvalue weighted by atomic mass is 9.90. The van der Waals surface area contributed by atoms with E-state index in [4.69, 9.17) is 0 Å². The third-order valence-electron chi connectivity index (χ3n) is 5.90. The van der Waals surface area contributed by atoms with E-state index in [1.165, 1.54) is 44.5 Å². The fourth-order valence-electron chi connectivity index (χ4n) is 4.14. The van der Waals surface area contributed by atoms with E-state index in [1.807, 2.05) is 12.1 Å². The molecule has 5 aromatic carbocycles. The molecule has 0 unspecified atom stereocenters. The molecular formula is C34H26. The molecule has 5 aromatic rings. The van der Waals surface area contributed by atoms with Crippen LogP contribution in [0.15, 0.2) is 133 Å². The van der Waals surface area contributed by atoms with Crippen molar-refractivity contribution in [3.63, 3.8) is 0 Å². The molecule has 0 aliphatic carbocycles. The van der Waals surface area contributed by atoms with Gasteiger partial charge >= 0.3 is 0 Å². The molecule has 0 radical (unpaired) electrons. The first kappa shape index (κ1) is 21.4.